The van der Waals surface area contributed by atoms with Crippen molar-refractivity contribution in [1.82, 2.24) is 10.1 Å². The van der Waals surface area contributed by atoms with Crippen molar-refractivity contribution in [2.75, 3.05) is 11.9 Å². The van der Waals surface area contributed by atoms with Crippen molar-refractivity contribution in [2.45, 2.75) is 33.6 Å². The van der Waals surface area contributed by atoms with E-state index < -0.39 is 0 Å². The summed E-state index contributed by atoms with van der Waals surface area (Å²) in [5.41, 5.74) is 3.53. The summed E-state index contributed by atoms with van der Waals surface area (Å²) in [6.45, 7) is 6.77. The van der Waals surface area contributed by atoms with Gasteiger partial charge in [0.05, 0.1) is 17.0 Å². The molecule has 0 unspecified atom stereocenters. The van der Waals surface area contributed by atoms with Gasteiger partial charge in [0.1, 0.15) is 11.5 Å². The van der Waals surface area contributed by atoms with Crippen LogP contribution in [0.15, 0.2) is 21.1 Å². The van der Waals surface area contributed by atoms with Gasteiger partial charge in [-0.1, -0.05) is 5.16 Å². The Kier molecular flexibility index (Phi) is 2.96. The van der Waals surface area contributed by atoms with E-state index in [9.17, 15) is 0 Å². The van der Waals surface area contributed by atoms with Crippen LogP contribution in [0, 0.1) is 26.7 Å². The zero-order valence-electron chi connectivity index (χ0n) is 13.1. The van der Waals surface area contributed by atoms with Gasteiger partial charge in [-0.05, 0) is 51.7 Å². The highest BCUT2D eigenvalue weighted by atomic mass is 16.5. The minimum absolute atomic E-state index is 0.774. The van der Waals surface area contributed by atoms with Gasteiger partial charge in [-0.15, -0.1) is 0 Å². The predicted octanol–water partition coefficient (Wildman–Crippen LogP) is 4.23. The van der Waals surface area contributed by atoms with Crippen LogP contribution in [-0.2, 0) is 0 Å². The number of furan rings is 1. The van der Waals surface area contributed by atoms with E-state index in [-0.39, 0.29) is 0 Å². The first-order chi connectivity index (χ1) is 10.6. The van der Waals surface area contributed by atoms with Crippen LogP contribution in [0.3, 0.4) is 0 Å². The van der Waals surface area contributed by atoms with E-state index in [4.69, 9.17) is 13.9 Å². The zero-order chi connectivity index (χ0) is 15.3. The Morgan fingerprint density at radius 3 is 2.73 bits per heavy atom. The standard InChI is InChI=1S/C17H19N3O2/c1-9-6-13-7-14(15-10(2)20-22-11(15)3)19-17(16(13)21-9)18-8-12-4-5-12/h6-7,12H,4-5,8H2,1-3H3,(H,18,19). The Hall–Kier alpha value is -2.30. The number of fused-ring (bicyclic) bond motifs is 1. The molecule has 0 radical (unpaired) electrons. The molecule has 1 aliphatic rings. The maximum atomic E-state index is 5.82. The molecule has 3 aromatic heterocycles. The number of nitrogens with one attached hydrogen (secondary N) is 1. The third-order valence-corrected chi connectivity index (χ3v) is 4.17. The molecule has 0 atom stereocenters. The lowest BCUT2D eigenvalue weighted by Crippen LogP contribution is -2.05. The molecule has 0 spiro atoms. The fourth-order valence-corrected chi connectivity index (χ4v) is 2.84. The second kappa shape index (κ2) is 4.87. The van der Waals surface area contributed by atoms with Gasteiger partial charge in [-0.3, -0.25) is 0 Å². The average Bonchev–Trinajstić information content (AvgIpc) is 3.14. The maximum absolute atomic E-state index is 5.82. The molecule has 0 aromatic carbocycles. The molecule has 1 N–H and O–H groups in total. The molecular weight excluding hydrogens is 278 g/mol. The van der Waals surface area contributed by atoms with Crippen molar-refractivity contribution < 1.29 is 8.94 Å². The summed E-state index contributed by atoms with van der Waals surface area (Å²) in [5, 5.41) is 8.54. The van der Waals surface area contributed by atoms with Crippen molar-refractivity contribution in [3.05, 3.63) is 29.3 Å². The fourth-order valence-electron chi connectivity index (χ4n) is 2.84. The lowest BCUT2D eigenvalue weighted by atomic mass is 10.1. The van der Waals surface area contributed by atoms with Crippen molar-refractivity contribution >= 4 is 16.8 Å². The summed E-state index contributed by atoms with van der Waals surface area (Å²) < 4.78 is 11.1. The van der Waals surface area contributed by atoms with Crippen LogP contribution in [0.1, 0.15) is 30.1 Å². The van der Waals surface area contributed by atoms with Crippen LogP contribution < -0.4 is 5.32 Å². The smallest absolute Gasteiger partial charge is 0.176 e. The van der Waals surface area contributed by atoms with Crippen molar-refractivity contribution in [3.63, 3.8) is 0 Å². The lowest BCUT2D eigenvalue weighted by Gasteiger charge is -2.08. The van der Waals surface area contributed by atoms with Gasteiger partial charge >= 0.3 is 0 Å². The van der Waals surface area contributed by atoms with Crippen LogP contribution in [0.25, 0.3) is 22.2 Å². The topological polar surface area (TPSA) is 64.1 Å². The molecule has 0 saturated heterocycles. The van der Waals surface area contributed by atoms with Gasteiger partial charge in [-0.2, -0.15) is 0 Å². The highest BCUT2D eigenvalue weighted by Gasteiger charge is 2.22. The summed E-state index contributed by atoms with van der Waals surface area (Å²) in [4.78, 5) is 4.77. The molecule has 3 aromatic rings. The van der Waals surface area contributed by atoms with Gasteiger partial charge in [0.2, 0.25) is 0 Å². The van der Waals surface area contributed by atoms with Gasteiger partial charge in [0, 0.05) is 11.9 Å². The van der Waals surface area contributed by atoms with Crippen LogP contribution in [0.2, 0.25) is 0 Å². The Morgan fingerprint density at radius 1 is 1.23 bits per heavy atom. The number of aryl methyl sites for hydroxylation is 3. The molecule has 1 aliphatic carbocycles. The van der Waals surface area contributed by atoms with Crippen molar-refractivity contribution in [2.24, 2.45) is 5.92 Å². The largest absolute Gasteiger partial charge is 0.457 e. The van der Waals surface area contributed by atoms with E-state index in [1.807, 2.05) is 32.9 Å². The normalized spacial score (nSPS) is 14.7. The number of anilines is 1. The van der Waals surface area contributed by atoms with Crippen LogP contribution >= 0.6 is 0 Å². The summed E-state index contributed by atoms with van der Waals surface area (Å²) in [6.07, 6.45) is 2.60. The molecule has 4 rings (SSSR count). The van der Waals surface area contributed by atoms with Gasteiger partial charge in [-0.25, -0.2) is 4.98 Å². The molecule has 0 bridgehead atoms. The van der Waals surface area contributed by atoms with E-state index in [1.54, 1.807) is 0 Å². The van der Waals surface area contributed by atoms with E-state index in [0.717, 1.165) is 57.7 Å². The number of pyridine rings is 1. The molecule has 3 heterocycles. The first-order valence-corrected chi connectivity index (χ1v) is 7.70. The van der Waals surface area contributed by atoms with Crippen molar-refractivity contribution in [3.8, 4) is 11.3 Å². The van der Waals surface area contributed by atoms with Gasteiger partial charge < -0.3 is 14.3 Å². The number of hydrogen-bond donors (Lipinski definition) is 1. The fraction of sp³-hybridized carbons (Fsp3) is 0.412. The van der Waals surface area contributed by atoms with E-state index in [2.05, 4.69) is 10.5 Å². The summed E-state index contributed by atoms with van der Waals surface area (Å²) in [7, 11) is 0. The molecule has 1 saturated carbocycles. The lowest BCUT2D eigenvalue weighted by molar-refractivity contribution is 0.393. The molecule has 114 valence electrons. The summed E-state index contributed by atoms with van der Waals surface area (Å²) in [5.74, 6) is 3.27. The summed E-state index contributed by atoms with van der Waals surface area (Å²) in [6, 6.07) is 4.08. The van der Waals surface area contributed by atoms with Gasteiger partial charge in [0.25, 0.3) is 0 Å². The SMILES string of the molecule is Cc1cc2cc(-c3c(C)noc3C)nc(NCC3CC3)c2o1. The first kappa shape index (κ1) is 13.4. The van der Waals surface area contributed by atoms with E-state index in [0.29, 0.717) is 0 Å². The van der Waals surface area contributed by atoms with E-state index in [1.165, 1.54) is 12.8 Å². The van der Waals surface area contributed by atoms with Crippen LogP contribution in [0.5, 0.6) is 0 Å². The van der Waals surface area contributed by atoms with Gasteiger partial charge in [0.15, 0.2) is 11.4 Å². The Balaban J connectivity index is 1.84. The number of hydrogen-bond acceptors (Lipinski definition) is 5. The number of rotatable bonds is 4. The first-order valence-electron chi connectivity index (χ1n) is 7.70. The molecular formula is C17H19N3O2. The molecule has 0 aliphatic heterocycles. The Bertz CT molecular complexity index is 824. The third-order valence-electron chi connectivity index (χ3n) is 4.17. The molecule has 1 fully saturated rings. The molecule has 0 amide bonds. The summed E-state index contributed by atoms with van der Waals surface area (Å²) >= 11 is 0. The average molecular weight is 297 g/mol. The highest BCUT2D eigenvalue weighted by molar-refractivity contribution is 5.91. The quantitative estimate of drug-likeness (QED) is 0.780. The molecule has 5 heteroatoms. The predicted molar refractivity (Wildman–Crippen MR) is 84.9 cm³/mol. The second-order valence-corrected chi connectivity index (χ2v) is 6.15. The minimum atomic E-state index is 0.774. The number of aromatic nitrogens is 2. The highest BCUT2D eigenvalue weighted by Crippen LogP contribution is 2.34. The maximum Gasteiger partial charge on any atom is 0.176 e. The Morgan fingerprint density at radius 2 is 2.05 bits per heavy atom. The van der Waals surface area contributed by atoms with Crippen LogP contribution in [-0.4, -0.2) is 16.7 Å². The monoisotopic (exact) mass is 297 g/mol. The number of nitrogens with zero attached hydrogens (tertiary/aromatic N) is 2. The molecule has 5 nitrogen and oxygen atoms in total. The second-order valence-electron chi connectivity index (χ2n) is 6.15. The third kappa shape index (κ3) is 2.26. The van der Waals surface area contributed by atoms with Crippen LogP contribution in [0.4, 0.5) is 5.82 Å². The Labute approximate surface area is 128 Å². The zero-order valence-corrected chi connectivity index (χ0v) is 13.1. The minimum Gasteiger partial charge on any atom is -0.457 e. The van der Waals surface area contributed by atoms with E-state index >= 15 is 0 Å². The molecule has 22 heavy (non-hydrogen) atoms. The van der Waals surface area contributed by atoms with Crippen molar-refractivity contribution in [1.29, 1.82) is 0 Å².